The summed E-state index contributed by atoms with van der Waals surface area (Å²) in [5.41, 5.74) is 0.539. The van der Waals surface area contributed by atoms with Crippen LogP contribution >= 0.6 is 0 Å². The lowest BCUT2D eigenvalue weighted by Crippen LogP contribution is -2.48. The van der Waals surface area contributed by atoms with Crippen LogP contribution < -0.4 is 0 Å². The van der Waals surface area contributed by atoms with Crippen LogP contribution in [0.25, 0.3) is 0 Å². The van der Waals surface area contributed by atoms with Gasteiger partial charge in [-0.3, -0.25) is 9.69 Å². The summed E-state index contributed by atoms with van der Waals surface area (Å²) in [4.78, 5) is 17.4. The predicted octanol–water partition coefficient (Wildman–Crippen LogP) is 1.90. The minimum absolute atomic E-state index is 0.0223. The van der Waals surface area contributed by atoms with Crippen LogP contribution in [-0.4, -0.2) is 87.5 Å². The van der Waals surface area contributed by atoms with E-state index in [0.29, 0.717) is 11.5 Å². The Kier molecular flexibility index (Phi) is 6.98. The van der Waals surface area contributed by atoms with Gasteiger partial charge < -0.3 is 9.64 Å². The van der Waals surface area contributed by atoms with Crippen LogP contribution in [0, 0.1) is 5.92 Å². The molecule has 0 radical (unpaired) electrons. The van der Waals surface area contributed by atoms with E-state index in [2.05, 4.69) is 18.7 Å². The van der Waals surface area contributed by atoms with Crippen molar-refractivity contribution in [1.29, 1.82) is 0 Å². The third-order valence-corrected chi connectivity index (χ3v) is 7.62. The van der Waals surface area contributed by atoms with E-state index in [1.807, 2.05) is 4.90 Å². The fraction of sp³-hybridized carbons (Fsp3) is 0.667. The van der Waals surface area contributed by atoms with Gasteiger partial charge in [-0.2, -0.15) is 0 Å². The maximum absolute atomic E-state index is 12.8. The first-order valence-corrected chi connectivity index (χ1v) is 11.8. The van der Waals surface area contributed by atoms with Crippen LogP contribution in [0.15, 0.2) is 29.2 Å². The number of carbonyl (C=O) groups excluding carboxylic acids is 1. The fourth-order valence-electron chi connectivity index (χ4n) is 4.28. The largest absolute Gasteiger partial charge is 0.373 e. The maximum Gasteiger partial charge on any atom is 0.253 e. The van der Waals surface area contributed by atoms with Crippen molar-refractivity contribution in [2.24, 2.45) is 5.92 Å². The lowest BCUT2D eigenvalue weighted by atomic mass is 9.95. The Balaban J connectivity index is 1.53. The first-order valence-electron chi connectivity index (χ1n) is 10.4. The SMILES string of the molecule is CC1CN(CC2CCN(C(=O)c3ccc(S(=O)(=O)N(C)C)cc3)CC2)CC(C)O1. The first-order chi connectivity index (χ1) is 13.7. The van der Waals surface area contributed by atoms with E-state index < -0.39 is 10.0 Å². The number of morpholine rings is 1. The standard InChI is InChI=1S/C21H33N3O4S/c1-16-13-23(14-17(2)28-16)15-18-9-11-24(12-10-18)21(25)19-5-7-20(8-6-19)29(26,27)22(3)4/h5-8,16-18H,9-15H2,1-4H3. The van der Waals surface area contributed by atoms with Gasteiger partial charge in [0.05, 0.1) is 17.1 Å². The van der Waals surface area contributed by atoms with Crippen molar-refractivity contribution in [3.05, 3.63) is 29.8 Å². The summed E-state index contributed by atoms with van der Waals surface area (Å²) >= 11 is 0. The normalized spacial score (nSPS) is 24.8. The zero-order valence-electron chi connectivity index (χ0n) is 17.9. The Morgan fingerprint density at radius 2 is 1.62 bits per heavy atom. The number of sulfonamides is 1. The van der Waals surface area contributed by atoms with Crippen molar-refractivity contribution in [3.8, 4) is 0 Å². The number of carbonyl (C=O) groups is 1. The van der Waals surface area contributed by atoms with Crippen LogP contribution in [0.3, 0.4) is 0 Å². The second kappa shape index (κ2) is 9.12. The van der Waals surface area contributed by atoms with Gasteiger partial charge in [0.2, 0.25) is 10.0 Å². The summed E-state index contributed by atoms with van der Waals surface area (Å²) < 4.78 is 31.3. The number of piperidine rings is 1. The van der Waals surface area contributed by atoms with Gasteiger partial charge in [-0.25, -0.2) is 12.7 Å². The van der Waals surface area contributed by atoms with Crippen molar-refractivity contribution in [3.63, 3.8) is 0 Å². The highest BCUT2D eigenvalue weighted by atomic mass is 32.2. The van der Waals surface area contributed by atoms with Gasteiger partial charge in [0.15, 0.2) is 0 Å². The zero-order chi connectivity index (χ0) is 21.2. The molecule has 2 aliphatic rings. The minimum Gasteiger partial charge on any atom is -0.373 e. The number of nitrogens with zero attached hydrogens (tertiary/aromatic N) is 3. The van der Waals surface area contributed by atoms with Crippen LogP contribution in [0.2, 0.25) is 0 Å². The summed E-state index contributed by atoms with van der Waals surface area (Å²) in [5.74, 6) is 0.579. The molecule has 0 aliphatic carbocycles. The molecule has 0 spiro atoms. The number of hydrogen-bond donors (Lipinski definition) is 0. The average molecular weight is 424 g/mol. The van der Waals surface area contributed by atoms with Gasteiger partial charge >= 0.3 is 0 Å². The molecule has 2 saturated heterocycles. The Morgan fingerprint density at radius 1 is 1.07 bits per heavy atom. The highest BCUT2D eigenvalue weighted by Gasteiger charge is 2.28. The summed E-state index contributed by atoms with van der Waals surface area (Å²) in [6.45, 7) is 8.76. The molecule has 0 aromatic heterocycles. The highest BCUT2D eigenvalue weighted by molar-refractivity contribution is 7.89. The van der Waals surface area contributed by atoms with Crippen molar-refractivity contribution in [1.82, 2.24) is 14.1 Å². The molecule has 162 valence electrons. The molecule has 2 heterocycles. The van der Waals surface area contributed by atoms with Crippen LogP contribution in [0.5, 0.6) is 0 Å². The molecule has 8 heteroatoms. The van der Waals surface area contributed by atoms with E-state index in [1.54, 1.807) is 12.1 Å². The Morgan fingerprint density at radius 3 is 2.14 bits per heavy atom. The molecule has 7 nitrogen and oxygen atoms in total. The lowest BCUT2D eigenvalue weighted by Gasteiger charge is -2.39. The highest BCUT2D eigenvalue weighted by Crippen LogP contribution is 2.23. The first kappa shape index (κ1) is 22.2. The van der Waals surface area contributed by atoms with Crippen molar-refractivity contribution in [2.45, 2.75) is 43.8 Å². The molecule has 0 saturated carbocycles. The van der Waals surface area contributed by atoms with Gasteiger partial charge in [0.25, 0.3) is 5.91 Å². The Bertz CT molecular complexity index is 792. The predicted molar refractivity (Wildman–Crippen MR) is 112 cm³/mol. The summed E-state index contributed by atoms with van der Waals surface area (Å²) in [6, 6.07) is 6.24. The third kappa shape index (κ3) is 5.36. The minimum atomic E-state index is -3.48. The molecule has 1 aromatic carbocycles. The molecule has 0 N–H and O–H groups in total. The van der Waals surface area contributed by atoms with Gasteiger partial charge in [0.1, 0.15) is 0 Å². The molecule has 2 unspecified atom stereocenters. The Hall–Kier alpha value is -1.48. The summed E-state index contributed by atoms with van der Waals surface area (Å²) in [6.07, 6.45) is 2.55. The van der Waals surface area contributed by atoms with Crippen molar-refractivity contribution < 1.29 is 17.9 Å². The second-order valence-electron chi connectivity index (χ2n) is 8.52. The molecule has 2 atom stereocenters. The number of rotatable bonds is 5. The van der Waals surface area contributed by atoms with Gasteiger partial charge in [-0.1, -0.05) is 0 Å². The number of amides is 1. The van der Waals surface area contributed by atoms with Crippen LogP contribution in [-0.2, 0) is 14.8 Å². The quantitative estimate of drug-likeness (QED) is 0.723. The van der Waals surface area contributed by atoms with Crippen LogP contribution in [0.4, 0.5) is 0 Å². The van der Waals surface area contributed by atoms with Gasteiger partial charge in [-0.15, -0.1) is 0 Å². The average Bonchev–Trinajstić information content (AvgIpc) is 2.67. The van der Waals surface area contributed by atoms with Crippen molar-refractivity contribution in [2.75, 3.05) is 46.8 Å². The Labute approximate surface area is 174 Å². The van der Waals surface area contributed by atoms with E-state index in [1.165, 1.54) is 30.5 Å². The number of benzene rings is 1. The molecule has 2 aliphatic heterocycles. The topological polar surface area (TPSA) is 70.2 Å². The van der Waals surface area contributed by atoms with Crippen molar-refractivity contribution >= 4 is 15.9 Å². The molecule has 3 rings (SSSR count). The van der Waals surface area contributed by atoms with Gasteiger partial charge in [-0.05, 0) is 56.9 Å². The molecular weight excluding hydrogens is 390 g/mol. The number of likely N-dealkylation sites (tertiary alicyclic amines) is 1. The monoisotopic (exact) mass is 423 g/mol. The molecule has 29 heavy (non-hydrogen) atoms. The lowest BCUT2D eigenvalue weighted by molar-refractivity contribution is -0.0728. The molecule has 1 aromatic rings. The number of hydrogen-bond acceptors (Lipinski definition) is 5. The van der Waals surface area contributed by atoms with E-state index in [4.69, 9.17) is 4.74 Å². The molecular formula is C21H33N3O4S. The van der Waals surface area contributed by atoms with E-state index in [0.717, 1.165) is 45.6 Å². The van der Waals surface area contributed by atoms with Crippen LogP contribution in [0.1, 0.15) is 37.0 Å². The summed E-state index contributed by atoms with van der Waals surface area (Å²) in [5, 5.41) is 0. The smallest absolute Gasteiger partial charge is 0.253 e. The molecule has 0 bridgehead atoms. The van der Waals surface area contributed by atoms with E-state index >= 15 is 0 Å². The molecule has 2 fully saturated rings. The van der Waals surface area contributed by atoms with E-state index in [9.17, 15) is 13.2 Å². The van der Waals surface area contributed by atoms with Gasteiger partial charge in [0, 0.05) is 52.4 Å². The second-order valence-corrected chi connectivity index (χ2v) is 10.7. The maximum atomic E-state index is 12.8. The zero-order valence-corrected chi connectivity index (χ0v) is 18.7. The third-order valence-electron chi connectivity index (χ3n) is 5.79. The number of ether oxygens (including phenoxy) is 1. The molecule has 1 amide bonds. The van der Waals surface area contributed by atoms with E-state index in [-0.39, 0.29) is 23.0 Å². The fourth-order valence-corrected chi connectivity index (χ4v) is 5.18. The summed E-state index contributed by atoms with van der Waals surface area (Å²) in [7, 11) is -0.485.